The van der Waals surface area contributed by atoms with Crippen molar-refractivity contribution in [1.82, 2.24) is 29.7 Å². The van der Waals surface area contributed by atoms with E-state index in [0.29, 0.717) is 39.1 Å². The standard InChI is InChI=1S/C31H25N7O3/c1-18(35-31(40)26-29(32)36-38-16-8-15-33-30(26)38)28-25(20-9-5-4-6-10-20)27(39)24-21(11-7-12-23(24)41-28)13-14-22-17-34-37(3)19(22)2/h4-12,15-18H,1-3H3,(H2,32,36)(H,35,40). The van der Waals surface area contributed by atoms with Gasteiger partial charge in [-0.1, -0.05) is 48.2 Å². The Labute approximate surface area is 234 Å². The van der Waals surface area contributed by atoms with Gasteiger partial charge in [0, 0.05) is 25.0 Å². The van der Waals surface area contributed by atoms with Crippen LogP contribution in [0, 0.1) is 18.8 Å². The molecule has 10 heteroatoms. The number of benzene rings is 2. The van der Waals surface area contributed by atoms with E-state index in [9.17, 15) is 9.59 Å². The number of nitrogens with zero attached hydrogens (tertiary/aromatic N) is 5. The predicted molar refractivity (Wildman–Crippen MR) is 155 cm³/mol. The lowest BCUT2D eigenvalue weighted by Gasteiger charge is -2.18. The van der Waals surface area contributed by atoms with Crippen molar-refractivity contribution in [3.8, 4) is 23.0 Å². The van der Waals surface area contributed by atoms with Crippen molar-refractivity contribution >= 4 is 28.3 Å². The van der Waals surface area contributed by atoms with E-state index in [1.165, 1.54) is 4.52 Å². The van der Waals surface area contributed by atoms with Crippen LogP contribution in [0.1, 0.15) is 45.9 Å². The number of nitrogen functional groups attached to an aromatic ring is 1. The van der Waals surface area contributed by atoms with Crippen LogP contribution in [-0.2, 0) is 7.05 Å². The summed E-state index contributed by atoms with van der Waals surface area (Å²) in [5, 5.41) is 11.7. The number of amides is 1. The summed E-state index contributed by atoms with van der Waals surface area (Å²) in [6.07, 6.45) is 4.91. The fraction of sp³-hybridized carbons (Fsp3) is 0.129. The van der Waals surface area contributed by atoms with Gasteiger partial charge in [-0.15, -0.1) is 5.10 Å². The van der Waals surface area contributed by atoms with Gasteiger partial charge in [0.2, 0.25) is 5.43 Å². The lowest BCUT2D eigenvalue weighted by molar-refractivity contribution is 0.0938. The van der Waals surface area contributed by atoms with Crippen LogP contribution in [0.25, 0.3) is 27.7 Å². The van der Waals surface area contributed by atoms with E-state index >= 15 is 0 Å². The molecule has 6 rings (SSSR count). The highest BCUT2D eigenvalue weighted by Crippen LogP contribution is 2.30. The molecule has 4 heterocycles. The second kappa shape index (κ2) is 10.1. The van der Waals surface area contributed by atoms with E-state index in [4.69, 9.17) is 10.2 Å². The van der Waals surface area contributed by atoms with E-state index in [0.717, 1.165) is 11.3 Å². The van der Waals surface area contributed by atoms with Gasteiger partial charge in [0.15, 0.2) is 11.5 Å². The zero-order valence-electron chi connectivity index (χ0n) is 22.5. The summed E-state index contributed by atoms with van der Waals surface area (Å²) >= 11 is 0. The number of fused-ring (bicyclic) bond motifs is 2. The molecule has 202 valence electrons. The van der Waals surface area contributed by atoms with Crippen molar-refractivity contribution in [1.29, 1.82) is 0 Å². The van der Waals surface area contributed by atoms with Crippen molar-refractivity contribution in [2.75, 3.05) is 5.73 Å². The normalized spacial score (nSPS) is 11.8. The van der Waals surface area contributed by atoms with Gasteiger partial charge in [0.25, 0.3) is 5.91 Å². The number of aromatic nitrogens is 5. The maximum atomic E-state index is 14.2. The van der Waals surface area contributed by atoms with Crippen LogP contribution in [0.4, 0.5) is 5.82 Å². The lowest BCUT2D eigenvalue weighted by atomic mass is 9.97. The maximum absolute atomic E-state index is 14.2. The molecule has 41 heavy (non-hydrogen) atoms. The van der Waals surface area contributed by atoms with Crippen molar-refractivity contribution in [3.05, 3.63) is 112 Å². The molecule has 0 bridgehead atoms. The summed E-state index contributed by atoms with van der Waals surface area (Å²) in [5.74, 6) is 6.13. The molecule has 6 aromatic rings. The number of anilines is 1. The minimum atomic E-state index is -0.708. The van der Waals surface area contributed by atoms with Crippen LogP contribution >= 0.6 is 0 Å². The Balaban J connectivity index is 1.48. The summed E-state index contributed by atoms with van der Waals surface area (Å²) in [6.45, 7) is 3.68. The minimum Gasteiger partial charge on any atom is -0.458 e. The minimum absolute atomic E-state index is 0.0451. The van der Waals surface area contributed by atoms with Gasteiger partial charge in [-0.05, 0) is 37.6 Å². The van der Waals surface area contributed by atoms with Crippen LogP contribution in [0.2, 0.25) is 0 Å². The third-order valence-corrected chi connectivity index (χ3v) is 6.97. The van der Waals surface area contributed by atoms with E-state index in [2.05, 4.69) is 32.3 Å². The Bertz CT molecular complexity index is 2080. The Morgan fingerprint density at radius 3 is 2.61 bits per heavy atom. The molecule has 0 radical (unpaired) electrons. The average Bonchev–Trinajstić information content (AvgIpc) is 3.49. The highest BCUT2D eigenvalue weighted by atomic mass is 16.3. The first-order chi connectivity index (χ1) is 19.8. The molecule has 0 aliphatic rings. The Morgan fingerprint density at radius 2 is 1.85 bits per heavy atom. The number of nitrogens with two attached hydrogens (primary N) is 1. The number of aryl methyl sites for hydroxylation is 1. The smallest absolute Gasteiger partial charge is 0.259 e. The van der Waals surface area contributed by atoms with Gasteiger partial charge in [-0.25, -0.2) is 9.50 Å². The SMILES string of the molecule is Cc1c(C#Cc2cccc3oc(C(C)NC(=O)c4c(N)nn5cccnc45)c(-c4ccccc4)c(=O)c23)cnn1C. The average molecular weight is 544 g/mol. The number of carbonyl (C=O) groups is 1. The van der Waals surface area contributed by atoms with Crippen LogP contribution in [0.15, 0.2) is 82.4 Å². The van der Waals surface area contributed by atoms with Crippen molar-refractivity contribution < 1.29 is 9.21 Å². The van der Waals surface area contributed by atoms with Crippen LogP contribution in [-0.4, -0.2) is 30.3 Å². The molecule has 10 nitrogen and oxygen atoms in total. The zero-order chi connectivity index (χ0) is 28.7. The molecule has 1 unspecified atom stereocenters. The summed E-state index contributed by atoms with van der Waals surface area (Å²) in [4.78, 5) is 31.8. The second-order valence-corrected chi connectivity index (χ2v) is 9.58. The first-order valence-electron chi connectivity index (χ1n) is 12.9. The summed E-state index contributed by atoms with van der Waals surface area (Å²) < 4.78 is 9.56. The monoisotopic (exact) mass is 543 g/mol. The highest BCUT2D eigenvalue weighted by Gasteiger charge is 2.26. The molecular formula is C31H25N7O3. The number of nitrogens with one attached hydrogen (secondary N) is 1. The van der Waals surface area contributed by atoms with Gasteiger partial charge in [0.05, 0.1) is 34.4 Å². The van der Waals surface area contributed by atoms with Crippen molar-refractivity contribution in [3.63, 3.8) is 0 Å². The maximum Gasteiger partial charge on any atom is 0.259 e. The van der Waals surface area contributed by atoms with E-state index < -0.39 is 11.9 Å². The molecule has 0 aliphatic heterocycles. The molecule has 4 aromatic heterocycles. The van der Waals surface area contributed by atoms with Crippen molar-refractivity contribution in [2.45, 2.75) is 19.9 Å². The molecule has 1 atom stereocenters. The summed E-state index contributed by atoms with van der Waals surface area (Å²) in [7, 11) is 1.85. The number of rotatable bonds is 4. The third kappa shape index (κ3) is 4.49. The van der Waals surface area contributed by atoms with Crippen LogP contribution in [0.3, 0.4) is 0 Å². The molecule has 0 aliphatic carbocycles. The van der Waals surface area contributed by atoms with Crippen LogP contribution < -0.4 is 16.5 Å². The largest absolute Gasteiger partial charge is 0.458 e. The summed E-state index contributed by atoms with van der Waals surface area (Å²) in [5.41, 5.74) is 9.85. The number of carbonyl (C=O) groups excluding carboxylic acids is 1. The Hall–Kier alpha value is -5.69. The van der Waals surface area contributed by atoms with Gasteiger partial charge in [-0.3, -0.25) is 14.3 Å². The summed E-state index contributed by atoms with van der Waals surface area (Å²) in [6, 6.07) is 15.5. The number of hydrogen-bond acceptors (Lipinski definition) is 7. The fourth-order valence-corrected chi connectivity index (χ4v) is 4.76. The first kappa shape index (κ1) is 25.6. The number of hydrogen-bond donors (Lipinski definition) is 2. The van der Waals surface area contributed by atoms with Gasteiger partial charge in [0.1, 0.15) is 16.9 Å². The molecule has 3 N–H and O–H groups in total. The predicted octanol–water partition coefficient (Wildman–Crippen LogP) is 4.02. The van der Waals surface area contributed by atoms with E-state index in [1.54, 1.807) is 54.5 Å². The highest BCUT2D eigenvalue weighted by molar-refractivity contribution is 6.04. The van der Waals surface area contributed by atoms with Gasteiger partial charge < -0.3 is 15.5 Å². The third-order valence-electron chi connectivity index (χ3n) is 6.97. The van der Waals surface area contributed by atoms with Crippen LogP contribution in [0.5, 0.6) is 0 Å². The molecular weight excluding hydrogens is 518 g/mol. The van der Waals surface area contributed by atoms with Gasteiger partial charge in [-0.2, -0.15) is 5.10 Å². The van der Waals surface area contributed by atoms with E-state index in [1.807, 2.05) is 44.3 Å². The van der Waals surface area contributed by atoms with Crippen molar-refractivity contribution in [2.24, 2.45) is 7.05 Å². The lowest BCUT2D eigenvalue weighted by Crippen LogP contribution is -2.28. The topological polar surface area (TPSA) is 133 Å². The Kier molecular flexibility index (Phi) is 6.32. The quantitative estimate of drug-likeness (QED) is 0.321. The molecule has 0 spiro atoms. The molecule has 0 saturated heterocycles. The zero-order valence-corrected chi connectivity index (χ0v) is 22.5. The first-order valence-corrected chi connectivity index (χ1v) is 12.9. The van der Waals surface area contributed by atoms with Gasteiger partial charge >= 0.3 is 0 Å². The second-order valence-electron chi connectivity index (χ2n) is 9.58. The fourth-order valence-electron chi connectivity index (χ4n) is 4.76. The van der Waals surface area contributed by atoms with E-state index in [-0.39, 0.29) is 16.8 Å². The molecule has 0 fully saturated rings. The molecule has 1 amide bonds. The Morgan fingerprint density at radius 1 is 1.07 bits per heavy atom. The molecule has 2 aromatic carbocycles. The molecule has 0 saturated carbocycles.